The van der Waals surface area contributed by atoms with Crippen molar-refractivity contribution in [1.82, 2.24) is 4.90 Å². The van der Waals surface area contributed by atoms with Crippen LogP contribution in [0.25, 0.3) is 0 Å². The highest BCUT2D eigenvalue weighted by molar-refractivity contribution is 5.82. The molecule has 1 aliphatic rings. The van der Waals surface area contributed by atoms with Crippen LogP contribution in [-0.2, 0) is 4.79 Å². The highest BCUT2D eigenvalue weighted by atomic mass is 16.3. The smallest absolute Gasteiger partial charge is 0.228 e. The number of carbonyl (C=O) groups excluding carboxylic acids is 1. The summed E-state index contributed by atoms with van der Waals surface area (Å²) in [6, 6.07) is 9.23. The Bertz CT molecular complexity index is 481. The second kappa shape index (κ2) is 6.16. The van der Waals surface area contributed by atoms with E-state index in [1.165, 1.54) is 0 Å². The van der Waals surface area contributed by atoms with Gasteiger partial charge < -0.3 is 15.1 Å². The molecule has 1 aromatic rings. The predicted molar refractivity (Wildman–Crippen MR) is 81.6 cm³/mol. The van der Waals surface area contributed by atoms with Crippen LogP contribution in [0.3, 0.4) is 0 Å². The molecule has 116 valence electrons. The summed E-state index contributed by atoms with van der Waals surface area (Å²) in [5.74, 6) is -0.428. The van der Waals surface area contributed by atoms with E-state index in [-0.39, 0.29) is 29.9 Å². The molecule has 0 bridgehead atoms. The molecule has 0 aliphatic carbocycles. The first-order valence-corrected chi connectivity index (χ1v) is 7.50. The van der Waals surface area contributed by atoms with Crippen LogP contribution in [0.5, 0.6) is 0 Å². The minimum Gasteiger partial charge on any atom is -0.394 e. The normalized spacial score (nSPS) is 22.4. The maximum Gasteiger partial charge on any atom is 0.228 e. The van der Waals surface area contributed by atoms with Crippen molar-refractivity contribution in [3.63, 3.8) is 0 Å². The molecule has 1 heterocycles. The molecular formula is C17H25NO3. The molecule has 4 heteroatoms. The zero-order valence-corrected chi connectivity index (χ0v) is 13.0. The topological polar surface area (TPSA) is 60.8 Å². The fourth-order valence-corrected chi connectivity index (χ4v) is 2.99. The van der Waals surface area contributed by atoms with Gasteiger partial charge in [-0.3, -0.25) is 4.79 Å². The Morgan fingerprint density at radius 1 is 1.29 bits per heavy atom. The standard InChI is InChI=1S/C17H25NO3/c1-17(2,3)15(20)13-9-10-18(16(13)21)14(11-19)12-7-5-4-6-8-12/h4-8,13-15,19-20H,9-11H2,1-3H3/t13?,14-,15?/m0/s1. The van der Waals surface area contributed by atoms with Gasteiger partial charge in [0.15, 0.2) is 0 Å². The summed E-state index contributed by atoms with van der Waals surface area (Å²) < 4.78 is 0. The maximum absolute atomic E-state index is 12.6. The van der Waals surface area contributed by atoms with Crippen molar-refractivity contribution in [3.8, 4) is 0 Å². The van der Waals surface area contributed by atoms with E-state index in [0.717, 1.165) is 5.56 Å². The number of amides is 1. The van der Waals surface area contributed by atoms with E-state index in [0.29, 0.717) is 13.0 Å². The molecule has 1 fully saturated rings. The minimum absolute atomic E-state index is 0.0553. The monoisotopic (exact) mass is 291 g/mol. The van der Waals surface area contributed by atoms with E-state index < -0.39 is 6.10 Å². The summed E-state index contributed by atoms with van der Waals surface area (Å²) in [5.41, 5.74) is 0.608. The zero-order valence-electron chi connectivity index (χ0n) is 13.0. The Kier molecular flexibility index (Phi) is 4.69. The van der Waals surface area contributed by atoms with Crippen LogP contribution in [-0.4, -0.2) is 40.3 Å². The lowest BCUT2D eigenvalue weighted by Crippen LogP contribution is -2.40. The van der Waals surface area contributed by atoms with Crippen LogP contribution in [0.15, 0.2) is 30.3 Å². The molecular weight excluding hydrogens is 266 g/mol. The second-order valence-corrected chi connectivity index (χ2v) is 6.85. The number of likely N-dealkylation sites (tertiary alicyclic amines) is 1. The van der Waals surface area contributed by atoms with Gasteiger partial charge in [0.2, 0.25) is 5.91 Å². The number of nitrogens with zero attached hydrogens (tertiary/aromatic N) is 1. The number of carbonyl (C=O) groups is 1. The molecule has 0 aromatic heterocycles. The number of aliphatic hydroxyl groups is 2. The minimum atomic E-state index is -0.662. The molecule has 3 atom stereocenters. The van der Waals surface area contributed by atoms with Gasteiger partial charge in [-0.1, -0.05) is 51.1 Å². The molecule has 0 saturated carbocycles. The zero-order chi connectivity index (χ0) is 15.6. The van der Waals surface area contributed by atoms with Crippen molar-refractivity contribution in [2.45, 2.75) is 39.3 Å². The van der Waals surface area contributed by atoms with Crippen LogP contribution in [0.4, 0.5) is 0 Å². The summed E-state index contributed by atoms with van der Waals surface area (Å²) in [7, 11) is 0. The third-order valence-corrected chi connectivity index (χ3v) is 4.28. The summed E-state index contributed by atoms with van der Waals surface area (Å²) >= 11 is 0. The molecule has 0 spiro atoms. The van der Waals surface area contributed by atoms with Gasteiger partial charge in [0.1, 0.15) is 0 Å². The largest absolute Gasteiger partial charge is 0.394 e. The van der Waals surface area contributed by atoms with Crippen molar-refractivity contribution in [2.24, 2.45) is 11.3 Å². The van der Waals surface area contributed by atoms with E-state index in [9.17, 15) is 15.0 Å². The highest BCUT2D eigenvalue weighted by Gasteiger charge is 2.43. The number of rotatable bonds is 4. The maximum atomic E-state index is 12.6. The number of benzene rings is 1. The van der Waals surface area contributed by atoms with Crippen LogP contribution in [0, 0.1) is 11.3 Å². The lowest BCUT2D eigenvalue weighted by Gasteiger charge is -2.31. The van der Waals surface area contributed by atoms with Gasteiger partial charge in [0.25, 0.3) is 0 Å². The Morgan fingerprint density at radius 2 is 1.90 bits per heavy atom. The number of aliphatic hydroxyl groups excluding tert-OH is 2. The second-order valence-electron chi connectivity index (χ2n) is 6.85. The van der Waals surface area contributed by atoms with Gasteiger partial charge in [0, 0.05) is 6.54 Å². The van der Waals surface area contributed by atoms with E-state index in [1.807, 2.05) is 51.1 Å². The van der Waals surface area contributed by atoms with Crippen LogP contribution < -0.4 is 0 Å². The SMILES string of the molecule is CC(C)(C)C(O)C1CCN([C@@H](CO)c2ccccc2)C1=O. The first-order valence-electron chi connectivity index (χ1n) is 7.50. The fourth-order valence-electron chi connectivity index (χ4n) is 2.99. The molecule has 4 nitrogen and oxygen atoms in total. The fraction of sp³-hybridized carbons (Fsp3) is 0.588. The molecule has 21 heavy (non-hydrogen) atoms. The predicted octanol–water partition coefficient (Wildman–Crippen LogP) is 1.98. The lowest BCUT2D eigenvalue weighted by molar-refractivity contribution is -0.139. The van der Waals surface area contributed by atoms with E-state index in [1.54, 1.807) is 4.90 Å². The van der Waals surface area contributed by atoms with Gasteiger partial charge in [-0.2, -0.15) is 0 Å². The van der Waals surface area contributed by atoms with E-state index >= 15 is 0 Å². The molecule has 0 radical (unpaired) electrons. The summed E-state index contributed by atoms with van der Waals surface area (Å²) in [4.78, 5) is 14.3. The first kappa shape index (κ1) is 16.0. The van der Waals surface area contributed by atoms with Crippen molar-refractivity contribution >= 4 is 5.91 Å². The Hall–Kier alpha value is -1.39. The molecule has 1 aromatic carbocycles. The summed E-state index contributed by atoms with van der Waals surface area (Å²) in [6.07, 6.45) is -0.0224. The number of hydrogen-bond acceptors (Lipinski definition) is 3. The third kappa shape index (κ3) is 3.27. The van der Waals surface area contributed by atoms with Crippen LogP contribution in [0.2, 0.25) is 0 Å². The van der Waals surface area contributed by atoms with E-state index in [4.69, 9.17) is 0 Å². The Morgan fingerprint density at radius 3 is 2.43 bits per heavy atom. The van der Waals surface area contributed by atoms with Crippen molar-refractivity contribution in [1.29, 1.82) is 0 Å². The summed E-state index contributed by atoms with van der Waals surface area (Å²) in [5, 5.41) is 20.1. The van der Waals surface area contributed by atoms with Gasteiger partial charge in [-0.25, -0.2) is 0 Å². The van der Waals surface area contributed by atoms with Gasteiger partial charge in [-0.05, 0) is 17.4 Å². The quantitative estimate of drug-likeness (QED) is 0.891. The third-order valence-electron chi connectivity index (χ3n) is 4.28. The molecule has 2 rings (SSSR count). The molecule has 2 unspecified atom stereocenters. The molecule has 1 saturated heterocycles. The highest BCUT2D eigenvalue weighted by Crippen LogP contribution is 2.35. The molecule has 2 N–H and O–H groups in total. The number of hydrogen-bond donors (Lipinski definition) is 2. The lowest BCUT2D eigenvalue weighted by atomic mass is 9.80. The average Bonchev–Trinajstić information content (AvgIpc) is 2.81. The van der Waals surface area contributed by atoms with Crippen molar-refractivity contribution < 1.29 is 15.0 Å². The van der Waals surface area contributed by atoms with Crippen molar-refractivity contribution in [3.05, 3.63) is 35.9 Å². The van der Waals surface area contributed by atoms with Gasteiger partial charge in [0.05, 0.1) is 24.7 Å². The van der Waals surface area contributed by atoms with Crippen molar-refractivity contribution in [2.75, 3.05) is 13.2 Å². The average molecular weight is 291 g/mol. The molecule has 1 aliphatic heterocycles. The van der Waals surface area contributed by atoms with Gasteiger partial charge in [-0.15, -0.1) is 0 Å². The van der Waals surface area contributed by atoms with E-state index in [2.05, 4.69) is 0 Å². The first-order chi connectivity index (χ1) is 9.86. The van der Waals surface area contributed by atoms with Gasteiger partial charge >= 0.3 is 0 Å². The Labute approximate surface area is 126 Å². The molecule has 1 amide bonds. The van der Waals surface area contributed by atoms with Crippen LogP contribution >= 0.6 is 0 Å². The van der Waals surface area contributed by atoms with Crippen LogP contribution in [0.1, 0.15) is 38.8 Å². The summed E-state index contributed by atoms with van der Waals surface area (Å²) in [6.45, 7) is 6.29. The Balaban J connectivity index is 2.17.